The van der Waals surface area contributed by atoms with E-state index in [-0.39, 0.29) is 30.9 Å². The Bertz CT molecular complexity index is 1060. The van der Waals surface area contributed by atoms with Gasteiger partial charge in [0.1, 0.15) is 13.2 Å². The van der Waals surface area contributed by atoms with Crippen LogP contribution in [0.4, 0.5) is 5.69 Å². The number of nitrogens with zero attached hydrogens (tertiary/aromatic N) is 1. The Labute approximate surface area is 198 Å². The van der Waals surface area contributed by atoms with E-state index in [0.717, 1.165) is 11.1 Å². The Kier molecular flexibility index (Phi) is 7.42. The van der Waals surface area contributed by atoms with E-state index < -0.39 is 0 Å². The van der Waals surface area contributed by atoms with Crippen molar-refractivity contribution in [2.75, 3.05) is 52.4 Å². The Morgan fingerprint density at radius 2 is 1.79 bits per heavy atom. The van der Waals surface area contributed by atoms with Crippen molar-refractivity contribution < 1.29 is 33.3 Å². The standard InChI is InChI=1S/C25H30N2O7/c1-4-32-25(29)14-19-18-13-22(31-3)21(30-2)11-16(18)7-8-27(19)15-24(28)26-17-5-6-20-23(12-17)34-10-9-33-20/h5-6,11-13,19H,4,7-10,14-15H2,1-3H3,(H,26,28). The van der Waals surface area contributed by atoms with Crippen molar-refractivity contribution in [3.05, 3.63) is 41.5 Å². The summed E-state index contributed by atoms with van der Waals surface area (Å²) < 4.78 is 27.3. The molecule has 2 aromatic rings. The molecule has 1 atom stereocenters. The Hall–Kier alpha value is -3.46. The van der Waals surface area contributed by atoms with Gasteiger partial charge in [0.05, 0.1) is 33.8 Å². The van der Waals surface area contributed by atoms with E-state index in [4.69, 9.17) is 23.7 Å². The fourth-order valence-corrected chi connectivity index (χ4v) is 4.39. The van der Waals surface area contributed by atoms with Crippen molar-refractivity contribution in [3.63, 3.8) is 0 Å². The molecule has 1 amide bonds. The summed E-state index contributed by atoms with van der Waals surface area (Å²) in [5.74, 6) is 1.99. The molecule has 2 heterocycles. The predicted octanol–water partition coefficient (Wildman–Crippen LogP) is 2.97. The fraction of sp³-hybridized carbons (Fsp3) is 0.440. The molecule has 2 aromatic carbocycles. The molecule has 2 aliphatic heterocycles. The number of ether oxygens (including phenoxy) is 5. The minimum atomic E-state index is -0.325. The average Bonchev–Trinajstić information content (AvgIpc) is 2.84. The number of anilines is 1. The topological polar surface area (TPSA) is 95.6 Å². The third kappa shape index (κ3) is 5.20. The van der Waals surface area contributed by atoms with E-state index in [0.29, 0.717) is 61.5 Å². The van der Waals surface area contributed by atoms with Gasteiger partial charge in [-0.1, -0.05) is 0 Å². The van der Waals surface area contributed by atoms with Gasteiger partial charge in [0, 0.05) is 24.3 Å². The lowest BCUT2D eigenvalue weighted by Gasteiger charge is -2.37. The molecule has 4 rings (SSSR count). The largest absolute Gasteiger partial charge is 0.493 e. The zero-order chi connectivity index (χ0) is 24.1. The lowest BCUT2D eigenvalue weighted by molar-refractivity contribution is -0.145. The van der Waals surface area contributed by atoms with Crippen molar-refractivity contribution in [2.24, 2.45) is 0 Å². The van der Waals surface area contributed by atoms with Gasteiger partial charge < -0.3 is 29.0 Å². The molecular weight excluding hydrogens is 440 g/mol. The summed E-state index contributed by atoms with van der Waals surface area (Å²) in [5.41, 5.74) is 2.62. The second kappa shape index (κ2) is 10.6. The first-order chi connectivity index (χ1) is 16.5. The maximum absolute atomic E-state index is 13.0. The lowest BCUT2D eigenvalue weighted by Crippen LogP contribution is -2.41. The van der Waals surface area contributed by atoms with Crippen molar-refractivity contribution in [1.82, 2.24) is 4.90 Å². The number of amides is 1. The van der Waals surface area contributed by atoms with Gasteiger partial charge in [0.25, 0.3) is 0 Å². The number of hydrogen-bond acceptors (Lipinski definition) is 8. The number of methoxy groups -OCH3 is 2. The summed E-state index contributed by atoms with van der Waals surface area (Å²) in [4.78, 5) is 27.4. The highest BCUT2D eigenvalue weighted by Gasteiger charge is 2.32. The molecule has 0 bridgehead atoms. The SMILES string of the molecule is CCOC(=O)CC1c2cc(OC)c(OC)cc2CCN1CC(=O)Nc1ccc2c(c1)OCCO2. The predicted molar refractivity (Wildman–Crippen MR) is 125 cm³/mol. The quantitative estimate of drug-likeness (QED) is 0.589. The van der Waals surface area contributed by atoms with Gasteiger partial charge in [-0.2, -0.15) is 0 Å². The Balaban J connectivity index is 1.53. The van der Waals surface area contributed by atoms with E-state index in [2.05, 4.69) is 5.32 Å². The van der Waals surface area contributed by atoms with Crippen LogP contribution in [0.15, 0.2) is 30.3 Å². The normalized spacial score (nSPS) is 16.9. The highest BCUT2D eigenvalue weighted by Crippen LogP contribution is 2.39. The Morgan fingerprint density at radius 3 is 2.53 bits per heavy atom. The third-order valence-corrected chi connectivity index (χ3v) is 5.95. The van der Waals surface area contributed by atoms with Crippen molar-refractivity contribution in [3.8, 4) is 23.0 Å². The number of carbonyl (C=O) groups is 2. The summed E-state index contributed by atoms with van der Waals surface area (Å²) in [6, 6.07) is 8.83. The molecule has 0 spiro atoms. The molecule has 34 heavy (non-hydrogen) atoms. The lowest BCUT2D eigenvalue weighted by atomic mass is 9.90. The summed E-state index contributed by atoms with van der Waals surface area (Å²) in [5, 5.41) is 2.93. The minimum Gasteiger partial charge on any atom is -0.493 e. The second-order valence-electron chi connectivity index (χ2n) is 8.06. The summed E-state index contributed by atoms with van der Waals surface area (Å²) >= 11 is 0. The van der Waals surface area contributed by atoms with Crippen molar-refractivity contribution in [1.29, 1.82) is 0 Å². The monoisotopic (exact) mass is 470 g/mol. The van der Waals surface area contributed by atoms with Crippen LogP contribution in [-0.4, -0.2) is 63.9 Å². The first-order valence-corrected chi connectivity index (χ1v) is 11.4. The van der Waals surface area contributed by atoms with E-state index >= 15 is 0 Å². The second-order valence-corrected chi connectivity index (χ2v) is 8.06. The molecule has 9 heteroatoms. The van der Waals surface area contributed by atoms with Crippen LogP contribution in [0.3, 0.4) is 0 Å². The van der Waals surface area contributed by atoms with Crippen LogP contribution < -0.4 is 24.3 Å². The number of hydrogen-bond donors (Lipinski definition) is 1. The molecule has 182 valence electrons. The minimum absolute atomic E-state index is 0.117. The number of rotatable bonds is 8. The van der Waals surface area contributed by atoms with Crippen LogP contribution >= 0.6 is 0 Å². The molecule has 0 saturated carbocycles. The van der Waals surface area contributed by atoms with E-state index in [1.165, 1.54) is 0 Å². The highest BCUT2D eigenvalue weighted by molar-refractivity contribution is 5.92. The molecule has 0 saturated heterocycles. The molecular formula is C25H30N2O7. The van der Waals surface area contributed by atoms with Gasteiger partial charge in [0.2, 0.25) is 5.91 Å². The maximum atomic E-state index is 13.0. The van der Waals surface area contributed by atoms with E-state index in [1.807, 2.05) is 17.0 Å². The summed E-state index contributed by atoms with van der Waals surface area (Å²) in [6.45, 7) is 3.79. The molecule has 1 unspecified atom stereocenters. The molecule has 0 radical (unpaired) electrons. The molecule has 0 fully saturated rings. The number of carbonyl (C=O) groups excluding carboxylic acids is 2. The number of benzene rings is 2. The van der Waals surface area contributed by atoms with Gasteiger partial charge in [-0.25, -0.2) is 0 Å². The molecule has 1 N–H and O–H groups in total. The first-order valence-electron chi connectivity index (χ1n) is 11.4. The van der Waals surface area contributed by atoms with E-state index in [1.54, 1.807) is 39.3 Å². The molecule has 9 nitrogen and oxygen atoms in total. The van der Waals surface area contributed by atoms with Crippen LogP contribution in [0.2, 0.25) is 0 Å². The van der Waals surface area contributed by atoms with Gasteiger partial charge >= 0.3 is 5.97 Å². The average molecular weight is 471 g/mol. The zero-order valence-corrected chi connectivity index (χ0v) is 19.7. The van der Waals surface area contributed by atoms with Crippen LogP contribution in [0.25, 0.3) is 0 Å². The van der Waals surface area contributed by atoms with Crippen LogP contribution in [-0.2, 0) is 20.7 Å². The smallest absolute Gasteiger partial charge is 0.307 e. The van der Waals surface area contributed by atoms with Crippen LogP contribution in [0.5, 0.6) is 23.0 Å². The van der Waals surface area contributed by atoms with Gasteiger partial charge in [-0.15, -0.1) is 0 Å². The van der Waals surface area contributed by atoms with Gasteiger partial charge in [-0.05, 0) is 48.7 Å². The van der Waals surface area contributed by atoms with Crippen molar-refractivity contribution in [2.45, 2.75) is 25.8 Å². The van der Waals surface area contributed by atoms with Crippen LogP contribution in [0.1, 0.15) is 30.5 Å². The number of esters is 1. The summed E-state index contributed by atoms with van der Waals surface area (Å²) in [7, 11) is 3.17. The molecule has 0 aromatic heterocycles. The molecule has 0 aliphatic carbocycles. The maximum Gasteiger partial charge on any atom is 0.307 e. The Morgan fingerprint density at radius 1 is 1.06 bits per heavy atom. The number of fused-ring (bicyclic) bond motifs is 2. The molecule has 2 aliphatic rings. The van der Waals surface area contributed by atoms with Crippen molar-refractivity contribution >= 4 is 17.6 Å². The zero-order valence-electron chi connectivity index (χ0n) is 19.7. The van der Waals surface area contributed by atoms with Crippen LogP contribution in [0, 0.1) is 0 Å². The highest BCUT2D eigenvalue weighted by atomic mass is 16.6. The number of nitrogens with one attached hydrogen (secondary N) is 1. The first kappa shape index (κ1) is 23.7. The third-order valence-electron chi connectivity index (χ3n) is 5.95. The van der Waals surface area contributed by atoms with Gasteiger partial charge in [-0.3, -0.25) is 14.5 Å². The fourth-order valence-electron chi connectivity index (χ4n) is 4.39. The van der Waals surface area contributed by atoms with Gasteiger partial charge in [0.15, 0.2) is 23.0 Å². The van der Waals surface area contributed by atoms with E-state index in [9.17, 15) is 9.59 Å². The summed E-state index contributed by atoms with van der Waals surface area (Å²) in [6.07, 6.45) is 0.847.